The van der Waals surface area contributed by atoms with Gasteiger partial charge in [-0.3, -0.25) is 0 Å². The van der Waals surface area contributed by atoms with Gasteiger partial charge in [0.2, 0.25) is 5.88 Å². The second-order valence-electron chi connectivity index (χ2n) is 6.20. The molecule has 1 aliphatic rings. The van der Waals surface area contributed by atoms with Crippen LogP contribution >= 0.6 is 0 Å². The van der Waals surface area contributed by atoms with Gasteiger partial charge in [-0.25, -0.2) is 9.78 Å². The smallest absolute Gasteiger partial charge is 0.319 e. The topological polar surface area (TPSA) is 72.5 Å². The average molecular weight is 341 g/mol. The van der Waals surface area contributed by atoms with Gasteiger partial charge >= 0.3 is 6.03 Å². The Bertz CT molecular complexity index is 725. The molecule has 1 saturated heterocycles. The summed E-state index contributed by atoms with van der Waals surface area (Å²) in [6.45, 7) is 5.40. The van der Waals surface area contributed by atoms with Crippen LogP contribution in [0.3, 0.4) is 0 Å². The summed E-state index contributed by atoms with van der Waals surface area (Å²) in [5.74, 6) is 1.22. The zero-order valence-corrected chi connectivity index (χ0v) is 14.5. The Kier molecular flexibility index (Phi) is 5.50. The number of benzene rings is 1. The van der Waals surface area contributed by atoms with Crippen molar-refractivity contribution < 1.29 is 14.3 Å². The van der Waals surface area contributed by atoms with Crippen molar-refractivity contribution in [3.63, 3.8) is 0 Å². The number of aromatic nitrogens is 1. The summed E-state index contributed by atoms with van der Waals surface area (Å²) < 4.78 is 11.2. The second kappa shape index (κ2) is 7.98. The molecular weight excluding hydrogens is 318 g/mol. The maximum absolute atomic E-state index is 11.9. The second-order valence-corrected chi connectivity index (χ2v) is 6.20. The molecule has 1 aliphatic heterocycles. The maximum Gasteiger partial charge on any atom is 0.319 e. The molecule has 25 heavy (non-hydrogen) atoms. The number of aryl methyl sites for hydroxylation is 2. The van der Waals surface area contributed by atoms with Gasteiger partial charge in [-0.2, -0.15) is 0 Å². The van der Waals surface area contributed by atoms with Crippen LogP contribution in [0.4, 0.5) is 10.5 Å². The summed E-state index contributed by atoms with van der Waals surface area (Å²) in [5.41, 5.74) is 2.99. The molecule has 2 heterocycles. The molecule has 1 aromatic carbocycles. The summed E-state index contributed by atoms with van der Waals surface area (Å²) in [7, 11) is 0. The molecule has 2 aromatic rings. The number of anilines is 1. The predicted octanol–water partition coefficient (Wildman–Crippen LogP) is 3.79. The summed E-state index contributed by atoms with van der Waals surface area (Å²) in [5, 5.41) is 5.55. The highest BCUT2D eigenvalue weighted by Crippen LogP contribution is 2.23. The van der Waals surface area contributed by atoms with Crippen LogP contribution in [-0.4, -0.2) is 30.3 Å². The fourth-order valence-electron chi connectivity index (χ4n) is 2.60. The van der Waals surface area contributed by atoms with Gasteiger partial charge in [-0.15, -0.1) is 0 Å². The lowest BCUT2D eigenvalue weighted by Crippen LogP contribution is -2.35. The molecule has 132 valence electrons. The van der Waals surface area contributed by atoms with Crippen molar-refractivity contribution in [2.45, 2.75) is 32.8 Å². The molecule has 1 fully saturated rings. The highest BCUT2D eigenvalue weighted by Gasteiger charge is 2.16. The van der Waals surface area contributed by atoms with Crippen molar-refractivity contribution in [3.05, 3.63) is 47.7 Å². The van der Waals surface area contributed by atoms with E-state index < -0.39 is 0 Å². The van der Waals surface area contributed by atoms with Crippen molar-refractivity contribution in [2.75, 3.05) is 18.5 Å². The summed E-state index contributed by atoms with van der Waals surface area (Å²) in [4.78, 5) is 16.1. The van der Waals surface area contributed by atoms with Crippen molar-refractivity contribution in [3.8, 4) is 11.6 Å². The fraction of sp³-hybridized carbons (Fsp3) is 0.368. The number of ether oxygens (including phenoxy) is 2. The minimum atomic E-state index is -0.264. The molecule has 3 rings (SSSR count). The Morgan fingerprint density at radius 2 is 2.16 bits per heavy atom. The van der Waals surface area contributed by atoms with E-state index in [9.17, 15) is 4.79 Å². The summed E-state index contributed by atoms with van der Waals surface area (Å²) in [6.07, 6.45) is 3.74. The third-order valence-electron chi connectivity index (χ3n) is 4.21. The molecule has 0 saturated carbocycles. The number of hydrogen-bond acceptors (Lipinski definition) is 4. The van der Waals surface area contributed by atoms with E-state index in [0.29, 0.717) is 18.1 Å². The van der Waals surface area contributed by atoms with E-state index >= 15 is 0 Å². The van der Waals surface area contributed by atoms with E-state index in [4.69, 9.17) is 9.47 Å². The molecule has 2 amide bonds. The minimum absolute atomic E-state index is 0.123. The van der Waals surface area contributed by atoms with E-state index in [2.05, 4.69) is 22.5 Å². The van der Waals surface area contributed by atoms with Crippen molar-refractivity contribution >= 4 is 11.7 Å². The Morgan fingerprint density at radius 1 is 1.28 bits per heavy atom. The van der Waals surface area contributed by atoms with Crippen LogP contribution in [0, 0.1) is 13.8 Å². The zero-order valence-electron chi connectivity index (χ0n) is 14.5. The number of urea groups is 1. The molecule has 1 atom stereocenters. The van der Waals surface area contributed by atoms with Crippen molar-refractivity contribution in [2.24, 2.45) is 0 Å². The highest BCUT2D eigenvalue weighted by atomic mass is 16.5. The van der Waals surface area contributed by atoms with Gasteiger partial charge in [0.15, 0.2) is 0 Å². The largest absolute Gasteiger partial charge is 0.439 e. The first-order valence-corrected chi connectivity index (χ1v) is 8.48. The molecule has 0 spiro atoms. The molecular formula is C19H23N3O3. The average Bonchev–Trinajstić information content (AvgIpc) is 3.12. The van der Waals surface area contributed by atoms with Gasteiger partial charge in [0.1, 0.15) is 5.75 Å². The number of nitrogens with one attached hydrogen (secondary N) is 2. The molecule has 2 N–H and O–H groups in total. The molecule has 1 unspecified atom stereocenters. The number of rotatable bonds is 5. The number of nitrogens with zero attached hydrogens (tertiary/aromatic N) is 1. The highest BCUT2D eigenvalue weighted by molar-refractivity contribution is 5.89. The quantitative estimate of drug-likeness (QED) is 0.868. The third-order valence-corrected chi connectivity index (χ3v) is 4.21. The number of carbonyl (C=O) groups is 1. The van der Waals surface area contributed by atoms with Gasteiger partial charge in [-0.1, -0.05) is 6.07 Å². The van der Waals surface area contributed by atoms with Gasteiger partial charge in [0.25, 0.3) is 0 Å². The normalized spacial score (nSPS) is 16.5. The molecule has 1 aromatic heterocycles. The van der Waals surface area contributed by atoms with Crippen LogP contribution in [0.5, 0.6) is 11.6 Å². The van der Waals surface area contributed by atoms with E-state index in [1.54, 1.807) is 18.3 Å². The van der Waals surface area contributed by atoms with Crippen LogP contribution < -0.4 is 15.4 Å². The minimum Gasteiger partial charge on any atom is -0.439 e. The zero-order chi connectivity index (χ0) is 17.6. The van der Waals surface area contributed by atoms with Crippen molar-refractivity contribution in [1.82, 2.24) is 10.3 Å². The lowest BCUT2D eigenvalue weighted by molar-refractivity contribution is 0.112. The SMILES string of the molecule is Cc1ccc(Oc2ccc(NC(=O)NCC3CCCO3)cn2)cc1C. The molecule has 0 radical (unpaired) electrons. The van der Waals surface area contributed by atoms with Gasteiger partial charge in [0.05, 0.1) is 18.0 Å². The maximum atomic E-state index is 11.9. The van der Waals surface area contributed by atoms with Crippen molar-refractivity contribution in [1.29, 1.82) is 0 Å². The van der Waals surface area contributed by atoms with Gasteiger partial charge in [-0.05, 0) is 56.0 Å². The molecule has 6 nitrogen and oxygen atoms in total. The Balaban J connectivity index is 1.50. The third kappa shape index (κ3) is 4.93. The number of pyridine rings is 1. The first-order valence-electron chi connectivity index (χ1n) is 8.48. The van der Waals surface area contributed by atoms with Crippen LogP contribution in [0.25, 0.3) is 0 Å². The first kappa shape index (κ1) is 17.2. The first-order chi connectivity index (χ1) is 12.1. The Morgan fingerprint density at radius 3 is 2.84 bits per heavy atom. The van der Waals surface area contributed by atoms with E-state index in [1.807, 2.05) is 25.1 Å². The van der Waals surface area contributed by atoms with Crippen LogP contribution in [0.1, 0.15) is 24.0 Å². The van der Waals surface area contributed by atoms with Gasteiger partial charge < -0.3 is 20.1 Å². The predicted molar refractivity (Wildman–Crippen MR) is 96.2 cm³/mol. The molecule has 0 aliphatic carbocycles. The molecule has 0 bridgehead atoms. The van der Waals surface area contributed by atoms with Gasteiger partial charge in [0, 0.05) is 19.2 Å². The Labute approximate surface area is 147 Å². The van der Waals surface area contributed by atoms with Crippen LogP contribution in [-0.2, 0) is 4.74 Å². The van der Waals surface area contributed by atoms with E-state index in [1.165, 1.54) is 11.1 Å². The number of amides is 2. The molecule has 6 heteroatoms. The Hall–Kier alpha value is -2.60. The van der Waals surface area contributed by atoms with Crippen LogP contribution in [0.2, 0.25) is 0 Å². The standard InChI is InChI=1S/C19H23N3O3/c1-13-5-7-16(10-14(13)2)25-18-8-6-15(11-20-18)22-19(23)21-12-17-4-3-9-24-17/h5-8,10-11,17H,3-4,9,12H2,1-2H3,(H2,21,22,23). The van der Waals surface area contributed by atoms with Crippen LogP contribution in [0.15, 0.2) is 36.5 Å². The number of carbonyl (C=O) groups excluding carboxylic acids is 1. The summed E-state index contributed by atoms with van der Waals surface area (Å²) in [6, 6.07) is 9.12. The summed E-state index contributed by atoms with van der Waals surface area (Å²) >= 11 is 0. The van der Waals surface area contributed by atoms with E-state index in [-0.39, 0.29) is 12.1 Å². The lowest BCUT2D eigenvalue weighted by atomic mass is 10.1. The van der Waals surface area contributed by atoms with E-state index in [0.717, 1.165) is 25.2 Å². The monoisotopic (exact) mass is 341 g/mol. The lowest BCUT2D eigenvalue weighted by Gasteiger charge is -2.12. The number of hydrogen-bond donors (Lipinski definition) is 2. The fourth-order valence-corrected chi connectivity index (χ4v) is 2.60.